The largest absolute Gasteiger partial charge is 0.490 e. The number of nitro groups is 1. The highest BCUT2D eigenvalue weighted by Crippen LogP contribution is 2.30. The number of benzene rings is 2. The summed E-state index contributed by atoms with van der Waals surface area (Å²) in [4.78, 5) is 22.9. The van der Waals surface area contributed by atoms with Crippen LogP contribution in [0.2, 0.25) is 0 Å². The number of aromatic nitrogens is 1. The van der Waals surface area contributed by atoms with E-state index in [2.05, 4.69) is 10.5 Å². The highest BCUT2D eigenvalue weighted by molar-refractivity contribution is 5.92. The van der Waals surface area contributed by atoms with Gasteiger partial charge in [0.15, 0.2) is 23.8 Å². The molecule has 1 aromatic heterocycles. The summed E-state index contributed by atoms with van der Waals surface area (Å²) in [6.45, 7) is 5.49. The second kappa shape index (κ2) is 10.3. The summed E-state index contributed by atoms with van der Waals surface area (Å²) < 4.78 is 16.3. The maximum absolute atomic E-state index is 12.2. The van der Waals surface area contributed by atoms with Crippen molar-refractivity contribution in [1.29, 1.82) is 0 Å². The number of aryl methyl sites for hydroxylation is 2. The van der Waals surface area contributed by atoms with Crippen LogP contribution in [0.5, 0.6) is 11.5 Å². The van der Waals surface area contributed by atoms with Gasteiger partial charge in [0.25, 0.3) is 5.91 Å². The van der Waals surface area contributed by atoms with Crippen molar-refractivity contribution >= 4 is 29.4 Å². The number of ether oxygens (including phenoxy) is 2. The second-order valence-electron chi connectivity index (χ2n) is 6.92. The molecule has 0 spiro atoms. The Kier molecular flexibility index (Phi) is 7.22. The van der Waals surface area contributed by atoms with Crippen LogP contribution < -0.4 is 14.8 Å². The van der Waals surface area contributed by atoms with Gasteiger partial charge in [0, 0.05) is 5.69 Å². The lowest BCUT2D eigenvalue weighted by atomic mass is 10.1. The number of anilines is 1. The number of nitrogens with one attached hydrogen (secondary N) is 1. The van der Waals surface area contributed by atoms with Crippen LogP contribution in [0.25, 0.3) is 12.2 Å². The molecule has 0 bridgehead atoms. The molecule has 0 fully saturated rings. The Bertz CT molecular complexity index is 1150. The molecular formula is C23H23N3O6. The van der Waals surface area contributed by atoms with Crippen molar-refractivity contribution < 1.29 is 23.7 Å². The van der Waals surface area contributed by atoms with E-state index in [1.54, 1.807) is 30.3 Å². The number of carbonyl (C=O) groups excluding carboxylic acids is 1. The van der Waals surface area contributed by atoms with E-state index in [0.29, 0.717) is 29.4 Å². The van der Waals surface area contributed by atoms with Crippen LogP contribution in [0, 0.1) is 24.0 Å². The Morgan fingerprint density at radius 1 is 1.16 bits per heavy atom. The molecule has 9 nitrogen and oxygen atoms in total. The van der Waals surface area contributed by atoms with E-state index in [1.165, 1.54) is 13.0 Å². The summed E-state index contributed by atoms with van der Waals surface area (Å²) in [5.74, 6) is 0.611. The number of amides is 1. The van der Waals surface area contributed by atoms with Gasteiger partial charge in [-0.2, -0.15) is 0 Å². The fourth-order valence-electron chi connectivity index (χ4n) is 2.96. The fraction of sp³-hybridized carbons (Fsp3) is 0.217. The quantitative estimate of drug-likeness (QED) is 0.378. The molecule has 0 unspecified atom stereocenters. The van der Waals surface area contributed by atoms with Crippen molar-refractivity contribution in [2.75, 3.05) is 18.5 Å². The van der Waals surface area contributed by atoms with Gasteiger partial charge in [-0.1, -0.05) is 29.4 Å². The average molecular weight is 437 g/mol. The first-order valence-corrected chi connectivity index (χ1v) is 9.92. The first kappa shape index (κ1) is 22.5. The zero-order chi connectivity index (χ0) is 23.1. The van der Waals surface area contributed by atoms with E-state index >= 15 is 0 Å². The number of carbonyl (C=O) groups is 1. The van der Waals surface area contributed by atoms with Crippen LogP contribution in [0.1, 0.15) is 29.5 Å². The van der Waals surface area contributed by atoms with Gasteiger partial charge in [0.05, 0.1) is 11.5 Å². The third-order valence-electron chi connectivity index (χ3n) is 4.39. The van der Waals surface area contributed by atoms with Crippen LogP contribution in [0.15, 0.2) is 47.0 Å². The molecule has 0 aliphatic rings. The molecule has 0 aliphatic heterocycles. The van der Waals surface area contributed by atoms with Crippen molar-refractivity contribution in [2.45, 2.75) is 20.8 Å². The van der Waals surface area contributed by atoms with E-state index in [1.807, 2.05) is 32.0 Å². The van der Waals surface area contributed by atoms with E-state index in [0.717, 1.165) is 5.56 Å². The summed E-state index contributed by atoms with van der Waals surface area (Å²) in [5, 5.41) is 17.6. The molecule has 0 aliphatic carbocycles. The zero-order valence-electron chi connectivity index (χ0n) is 18.0. The standard InChI is InChI=1S/C23H23N3O6/c1-4-30-21-13-17(9-11-20-23(26(28)29)16(3)25-32-20)8-10-19(21)31-14-22(27)24-18-7-5-6-15(2)12-18/h5-13H,4,14H2,1-3H3,(H,24,27)/b11-9-. The van der Waals surface area contributed by atoms with Crippen molar-refractivity contribution in [1.82, 2.24) is 5.16 Å². The molecule has 9 heteroatoms. The number of hydrogen-bond acceptors (Lipinski definition) is 7. The van der Waals surface area contributed by atoms with Gasteiger partial charge >= 0.3 is 5.69 Å². The third-order valence-corrected chi connectivity index (χ3v) is 4.39. The highest BCUT2D eigenvalue weighted by atomic mass is 16.6. The number of rotatable bonds is 9. The lowest BCUT2D eigenvalue weighted by Crippen LogP contribution is -2.20. The minimum absolute atomic E-state index is 0.0543. The van der Waals surface area contributed by atoms with Crippen LogP contribution in [0.3, 0.4) is 0 Å². The highest BCUT2D eigenvalue weighted by Gasteiger charge is 2.22. The molecule has 3 rings (SSSR count). The molecule has 0 saturated heterocycles. The predicted octanol–water partition coefficient (Wildman–Crippen LogP) is 4.79. The number of hydrogen-bond donors (Lipinski definition) is 1. The molecule has 1 amide bonds. The summed E-state index contributed by atoms with van der Waals surface area (Å²) in [6.07, 6.45) is 3.11. The van der Waals surface area contributed by atoms with Crippen LogP contribution in [-0.4, -0.2) is 29.2 Å². The summed E-state index contributed by atoms with van der Waals surface area (Å²) in [7, 11) is 0. The van der Waals surface area contributed by atoms with E-state index in [4.69, 9.17) is 14.0 Å². The van der Waals surface area contributed by atoms with Crippen molar-refractivity contribution in [3.63, 3.8) is 0 Å². The summed E-state index contributed by atoms with van der Waals surface area (Å²) >= 11 is 0. The lowest BCUT2D eigenvalue weighted by molar-refractivity contribution is -0.386. The van der Waals surface area contributed by atoms with E-state index < -0.39 is 4.92 Å². The summed E-state index contributed by atoms with van der Waals surface area (Å²) in [6, 6.07) is 12.6. The summed E-state index contributed by atoms with van der Waals surface area (Å²) in [5.41, 5.74) is 2.47. The van der Waals surface area contributed by atoms with Crippen LogP contribution in [-0.2, 0) is 4.79 Å². The molecule has 32 heavy (non-hydrogen) atoms. The normalized spacial score (nSPS) is 10.8. The van der Waals surface area contributed by atoms with Gasteiger partial charge in [-0.15, -0.1) is 0 Å². The van der Waals surface area contributed by atoms with Gasteiger partial charge in [0.1, 0.15) is 0 Å². The molecule has 166 valence electrons. The third kappa shape index (κ3) is 5.72. The van der Waals surface area contributed by atoms with Crippen LogP contribution >= 0.6 is 0 Å². The Morgan fingerprint density at radius 2 is 1.97 bits per heavy atom. The fourth-order valence-corrected chi connectivity index (χ4v) is 2.96. The predicted molar refractivity (Wildman–Crippen MR) is 120 cm³/mol. The molecule has 0 saturated carbocycles. The van der Waals surface area contributed by atoms with Crippen molar-refractivity contribution in [3.8, 4) is 11.5 Å². The Labute approximate surface area is 184 Å². The second-order valence-corrected chi connectivity index (χ2v) is 6.92. The van der Waals surface area contributed by atoms with Gasteiger partial charge < -0.3 is 19.3 Å². The smallest absolute Gasteiger partial charge is 0.338 e. The number of nitrogens with zero attached hydrogens (tertiary/aromatic N) is 2. The maximum Gasteiger partial charge on any atom is 0.338 e. The maximum atomic E-state index is 12.2. The van der Waals surface area contributed by atoms with E-state index in [-0.39, 0.29) is 29.7 Å². The minimum Gasteiger partial charge on any atom is -0.490 e. The van der Waals surface area contributed by atoms with E-state index in [9.17, 15) is 14.9 Å². The molecule has 3 aromatic rings. The zero-order valence-corrected chi connectivity index (χ0v) is 18.0. The minimum atomic E-state index is -0.532. The lowest BCUT2D eigenvalue weighted by Gasteiger charge is -2.13. The van der Waals surface area contributed by atoms with Gasteiger partial charge in [-0.3, -0.25) is 14.9 Å². The van der Waals surface area contributed by atoms with Crippen LogP contribution in [0.4, 0.5) is 11.4 Å². The average Bonchev–Trinajstić information content (AvgIpc) is 3.12. The molecule has 0 radical (unpaired) electrons. The molecule has 1 heterocycles. The monoisotopic (exact) mass is 437 g/mol. The Balaban J connectivity index is 1.70. The molecule has 0 atom stereocenters. The Morgan fingerprint density at radius 3 is 2.69 bits per heavy atom. The molecule has 2 aromatic carbocycles. The van der Waals surface area contributed by atoms with Gasteiger partial charge in [0.2, 0.25) is 5.76 Å². The molecular weight excluding hydrogens is 414 g/mol. The van der Waals surface area contributed by atoms with Gasteiger partial charge in [-0.25, -0.2) is 0 Å². The van der Waals surface area contributed by atoms with Crippen molar-refractivity contribution in [3.05, 3.63) is 75.2 Å². The Hall–Kier alpha value is -4.14. The first-order chi connectivity index (χ1) is 15.4. The SMILES string of the molecule is CCOc1cc(/C=C\c2onc(C)c2[N+](=O)[O-])ccc1OCC(=O)Nc1cccc(C)c1. The topological polar surface area (TPSA) is 117 Å². The first-order valence-electron chi connectivity index (χ1n) is 9.92. The molecule has 1 N–H and O–H groups in total. The van der Waals surface area contributed by atoms with Gasteiger partial charge in [-0.05, 0) is 62.2 Å². The van der Waals surface area contributed by atoms with Crippen molar-refractivity contribution in [2.24, 2.45) is 0 Å².